The van der Waals surface area contributed by atoms with Crippen LogP contribution in [0.25, 0.3) is 33.7 Å². The minimum absolute atomic E-state index is 0.665. The molecule has 0 atom stereocenters. The van der Waals surface area contributed by atoms with E-state index in [1.54, 1.807) is 25.0 Å². The topological polar surface area (TPSA) is 87.2 Å². The van der Waals surface area contributed by atoms with Gasteiger partial charge in [-0.1, -0.05) is 6.07 Å². The van der Waals surface area contributed by atoms with E-state index in [9.17, 15) is 0 Å². The first-order valence-corrected chi connectivity index (χ1v) is 7.69. The number of hydrogen-bond acceptors (Lipinski definition) is 6. The van der Waals surface area contributed by atoms with Crippen molar-refractivity contribution in [3.05, 3.63) is 61.5 Å². The van der Waals surface area contributed by atoms with E-state index in [0.29, 0.717) is 11.3 Å². The molecule has 0 fully saturated rings. The Morgan fingerprint density at radius 2 is 1.40 bits per heavy atom. The Hall–Kier alpha value is -3.68. The molecule has 0 aliphatic heterocycles. The van der Waals surface area contributed by atoms with E-state index in [-0.39, 0.29) is 0 Å². The van der Waals surface area contributed by atoms with Crippen LogP contribution in [0, 0.1) is 6.92 Å². The number of hydrogen-bond donors (Lipinski definition) is 0. The average molecular weight is 328 g/mol. The maximum Gasteiger partial charge on any atom is 0.181 e. The molecule has 0 aliphatic carbocycles. The molecule has 4 aromatic heterocycles. The Morgan fingerprint density at radius 1 is 0.760 bits per heavy atom. The second-order valence-electron chi connectivity index (χ2n) is 5.66. The van der Waals surface area contributed by atoms with Gasteiger partial charge in [0.15, 0.2) is 11.3 Å². The third kappa shape index (κ3) is 2.08. The van der Waals surface area contributed by atoms with Crippen molar-refractivity contribution in [3.8, 4) is 11.4 Å². The summed E-state index contributed by atoms with van der Waals surface area (Å²) in [5.41, 5.74) is 6.15. The average Bonchev–Trinajstić information content (AvgIpc) is 3.26. The van der Waals surface area contributed by atoms with Gasteiger partial charge in [-0.25, -0.2) is 29.9 Å². The van der Waals surface area contributed by atoms with Crippen LogP contribution < -0.4 is 0 Å². The lowest BCUT2D eigenvalue weighted by Crippen LogP contribution is -2.00. The Balaban J connectivity index is 1.73. The van der Waals surface area contributed by atoms with Crippen molar-refractivity contribution in [1.29, 1.82) is 0 Å². The first kappa shape index (κ1) is 13.7. The van der Waals surface area contributed by atoms with Crippen molar-refractivity contribution >= 4 is 22.3 Å². The summed E-state index contributed by atoms with van der Waals surface area (Å²) in [6, 6.07) is 6.19. The highest BCUT2D eigenvalue weighted by atomic mass is 15.1. The van der Waals surface area contributed by atoms with Crippen LogP contribution in [0.4, 0.5) is 0 Å². The molecule has 0 aliphatic rings. The van der Waals surface area contributed by atoms with Crippen LogP contribution in [-0.4, -0.2) is 39.0 Å². The molecule has 5 aromatic rings. The highest BCUT2D eigenvalue weighted by Crippen LogP contribution is 2.24. The number of aryl methyl sites for hydroxylation is 1. The highest BCUT2D eigenvalue weighted by Gasteiger charge is 2.11. The van der Waals surface area contributed by atoms with Crippen molar-refractivity contribution in [2.24, 2.45) is 0 Å². The molecule has 0 unspecified atom stereocenters. The minimum Gasteiger partial charge on any atom is -0.296 e. The molecule has 0 spiro atoms. The second kappa shape index (κ2) is 5.17. The predicted octanol–water partition coefficient (Wildman–Crippen LogP) is 2.25. The monoisotopic (exact) mass is 328 g/mol. The van der Waals surface area contributed by atoms with Crippen LogP contribution in [0.2, 0.25) is 0 Å². The fourth-order valence-electron chi connectivity index (χ4n) is 2.92. The molecule has 8 heteroatoms. The van der Waals surface area contributed by atoms with Crippen molar-refractivity contribution in [1.82, 2.24) is 39.0 Å². The van der Waals surface area contributed by atoms with E-state index < -0.39 is 0 Å². The lowest BCUT2D eigenvalue weighted by Gasteiger charge is -2.11. The molecule has 0 radical (unpaired) electrons. The van der Waals surface area contributed by atoms with Gasteiger partial charge in [0.05, 0.1) is 18.1 Å². The molecule has 5 rings (SSSR count). The number of fused-ring (bicyclic) bond motifs is 2. The number of rotatable bonds is 2. The summed E-state index contributed by atoms with van der Waals surface area (Å²) in [5, 5.41) is 0. The van der Waals surface area contributed by atoms with Crippen molar-refractivity contribution in [3.63, 3.8) is 0 Å². The molecule has 0 saturated carbocycles. The number of imidazole rings is 2. The molecule has 0 saturated heterocycles. The maximum absolute atomic E-state index is 4.35. The van der Waals surface area contributed by atoms with E-state index in [2.05, 4.69) is 49.0 Å². The summed E-state index contributed by atoms with van der Waals surface area (Å²) < 4.78 is 3.96. The Bertz CT molecular complexity index is 1220. The van der Waals surface area contributed by atoms with Crippen LogP contribution in [0.1, 0.15) is 5.56 Å². The zero-order valence-electron chi connectivity index (χ0n) is 13.3. The second-order valence-corrected chi connectivity index (χ2v) is 5.66. The lowest BCUT2D eigenvalue weighted by molar-refractivity contribution is 1.04. The van der Waals surface area contributed by atoms with Crippen molar-refractivity contribution in [2.45, 2.75) is 6.92 Å². The fraction of sp³-hybridized carbons (Fsp3) is 0.0588. The molecule has 8 nitrogen and oxygen atoms in total. The largest absolute Gasteiger partial charge is 0.296 e. The van der Waals surface area contributed by atoms with Crippen LogP contribution >= 0.6 is 0 Å². The van der Waals surface area contributed by atoms with E-state index in [1.807, 2.05) is 15.2 Å². The molecule has 120 valence electrons. The van der Waals surface area contributed by atoms with E-state index in [4.69, 9.17) is 0 Å². The Labute approximate surface area is 141 Å². The van der Waals surface area contributed by atoms with Crippen LogP contribution in [0.5, 0.6) is 0 Å². The summed E-state index contributed by atoms with van der Waals surface area (Å²) in [5.74, 6) is 0. The number of benzene rings is 1. The standard InChI is InChI=1S/C17H12N8/c1-11-2-3-12(24-9-22-16-14(24)5-18-7-20-16)4-13(11)25-10-23-17-15(25)6-19-8-21-17/h2-10H,1H3. The first-order chi connectivity index (χ1) is 12.3. The summed E-state index contributed by atoms with van der Waals surface area (Å²) in [6.07, 6.45) is 10.0. The lowest BCUT2D eigenvalue weighted by atomic mass is 10.1. The van der Waals surface area contributed by atoms with Gasteiger partial charge in [0.1, 0.15) is 36.3 Å². The SMILES string of the molecule is Cc1ccc(-n2cnc3ncncc32)cc1-n1cnc2ncncc21. The predicted molar refractivity (Wildman–Crippen MR) is 91.6 cm³/mol. The molecular weight excluding hydrogens is 316 g/mol. The van der Waals surface area contributed by atoms with Gasteiger partial charge in [-0.3, -0.25) is 9.13 Å². The van der Waals surface area contributed by atoms with Gasteiger partial charge in [0.25, 0.3) is 0 Å². The normalized spacial score (nSPS) is 11.4. The minimum atomic E-state index is 0.665. The maximum atomic E-state index is 4.35. The molecule has 25 heavy (non-hydrogen) atoms. The van der Waals surface area contributed by atoms with Gasteiger partial charge in [0.2, 0.25) is 0 Å². The quantitative estimate of drug-likeness (QED) is 0.494. The third-order valence-electron chi connectivity index (χ3n) is 4.19. The van der Waals surface area contributed by atoms with Crippen molar-refractivity contribution < 1.29 is 0 Å². The first-order valence-electron chi connectivity index (χ1n) is 7.69. The highest BCUT2D eigenvalue weighted by molar-refractivity contribution is 5.74. The van der Waals surface area contributed by atoms with Gasteiger partial charge in [-0.2, -0.15) is 0 Å². The van der Waals surface area contributed by atoms with Gasteiger partial charge in [-0.15, -0.1) is 0 Å². The third-order valence-corrected chi connectivity index (χ3v) is 4.19. The number of nitrogens with zero attached hydrogens (tertiary/aromatic N) is 8. The molecule has 0 bridgehead atoms. The zero-order chi connectivity index (χ0) is 16.8. The summed E-state index contributed by atoms with van der Waals surface area (Å²) >= 11 is 0. The Morgan fingerprint density at radius 3 is 2.12 bits per heavy atom. The van der Waals surface area contributed by atoms with E-state index in [0.717, 1.165) is 28.0 Å². The van der Waals surface area contributed by atoms with E-state index >= 15 is 0 Å². The summed E-state index contributed by atoms with van der Waals surface area (Å²) in [4.78, 5) is 25.3. The smallest absolute Gasteiger partial charge is 0.181 e. The van der Waals surface area contributed by atoms with E-state index in [1.165, 1.54) is 12.7 Å². The van der Waals surface area contributed by atoms with Crippen LogP contribution in [-0.2, 0) is 0 Å². The zero-order valence-corrected chi connectivity index (χ0v) is 13.3. The summed E-state index contributed by atoms with van der Waals surface area (Å²) in [6.45, 7) is 2.06. The van der Waals surface area contributed by atoms with Gasteiger partial charge in [0, 0.05) is 5.69 Å². The van der Waals surface area contributed by atoms with Gasteiger partial charge >= 0.3 is 0 Å². The van der Waals surface area contributed by atoms with Crippen molar-refractivity contribution in [2.75, 3.05) is 0 Å². The molecular formula is C17H12N8. The van der Waals surface area contributed by atoms with Gasteiger partial charge in [-0.05, 0) is 24.6 Å². The molecule has 0 amide bonds. The molecule has 0 N–H and O–H groups in total. The van der Waals surface area contributed by atoms with Gasteiger partial charge < -0.3 is 0 Å². The fourth-order valence-corrected chi connectivity index (χ4v) is 2.92. The Kier molecular flexibility index (Phi) is 2.84. The molecule has 1 aromatic carbocycles. The van der Waals surface area contributed by atoms with Crippen LogP contribution in [0.15, 0.2) is 55.9 Å². The molecule has 4 heterocycles. The summed E-state index contributed by atoms with van der Waals surface area (Å²) in [7, 11) is 0. The number of aromatic nitrogens is 8. The van der Waals surface area contributed by atoms with Crippen LogP contribution in [0.3, 0.4) is 0 Å².